The maximum Gasteiger partial charge on any atom is 0.328 e. The summed E-state index contributed by atoms with van der Waals surface area (Å²) in [7, 11) is 0. The SMILES string of the molecule is O=C(NCCC1CCN(Cc2ccccc2)CC1)c1nc(-c2ccc([N+](=O)[O-])cc2)no1.O=C(O)/C=C/C(=O)O. The van der Waals surface area contributed by atoms with Crippen LogP contribution >= 0.6 is 0 Å². The lowest BCUT2D eigenvalue weighted by atomic mass is 9.93. The van der Waals surface area contributed by atoms with Gasteiger partial charge >= 0.3 is 23.7 Å². The van der Waals surface area contributed by atoms with Gasteiger partial charge < -0.3 is 20.1 Å². The first kappa shape index (κ1) is 29.6. The molecular formula is C27H29N5O8. The van der Waals surface area contributed by atoms with Crippen molar-refractivity contribution in [1.29, 1.82) is 0 Å². The molecule has 0 spiro atoms. The van der Waals surface area contributed by atoms with E-state index in [2.05, 4.69) is 44.6 Å². The highest BCUT2D eigenvalue weighted by Crippen LogP contribution is 2.22. The molecule has 1 aliphatic heterocycles. The second kappa shape index (κ2) is 14.9. The molecule has 0 atom stereocenters. The Hall–Kier alpha value is -4.91. The number of nitro groups is 1. The third-order valence-electron chi connectivity index (χ3n) is 6.12. The van der Waals surface area contributed by atoms with Gasteiger partial charge in [-0.25, -0.2) is 9.59 Å². The number of carbonyl (C=O) groups excluding carboxylic acids is 1. The molecule has 0 unspecified atom stereocenters. The number of benzene rings is 2. The van der Waals surface area contributed by atoms with E-state index in [1.807, 2.05) is 6.07 Å². The zero-order chi connectivity index (χ0) is 28.9. The number of hydrogen-bond donors (Lipinski definition) is 3. The minimum Gasteiger partial charge on any atom is -0.478 e. The first-order valence-electron chi connectivity index (χ1n) is 12.5. The number of rotatable bonds is 10. The van der Waals surface area contributed by atoms with Gasteiger partial charge in [0.15, 0.2) is 0 Å². The van der Waals surface area contributed by atoms with Crippen LogP contribution in [0.25, 0.3) is 11.4 Å². The second-order valence-corrected chi connectivity index (χ2v) is 8.99. The summed E-state index contributed by atoms with van der Waals surface area (Å²) in [5.74, 6) is -2.24. The summed E-state index contributed by atoms with van der Waals surface area (Å²) >= 11 is 0. The Bertz CT molecular complexity index is 1300. The number of aromatic nitrogens is 2. The van der Waals surface area contributed by atoms with Crippen molar-refractivity contribution in [1.82, 2.24) is 20.4 Å². The van der Waals surface area contributed by atoms with Crippen molar-refractivity contribution >= 4 is 23.5 Å². The van der Waals surface area contributed by atoms with Gasteiger partial charge in [0.1, 0.15) is 0 Å². The predicted molar refractivity (Wildman–Crippen MR) is 142 cm³/mol. The Balaban J connectivity index is 0.000000482. The highest BCUT2D eigenvalue weighted by atomic mass is 16.6. The standard InChI is InChI=1S/C23H25N5O4.C4H4O4/c29-22(23-25-21(26-32-23)19-6-8-20(9-7-19)28(30)31)24-13-10-17-11-14-27(15-12-17)16-18-4-2-1-3-5-18;5-3(6)1-2-4(7)8/h1-9,17H,10-16H2,(H,24,29);1-2H,(H,5,6)(H,7,8)/b;2-1+. The van der Waals surface area contributed by atoms with E-state index >= 15 is 0 Å². The van der Waals surface area contributed by atoms with Crippen molar-refractivity contribution in [3.05, 3.63) is 88.3 Å². The maximum atomic E-state index is 12.3. The van der Waals surface area contributed by atoms with E-state index in [0.29, 0.717) is 30.2 Å². The number of carboxylic acid groups (broad SMARTS) is 2. The van der Waals surface area contributed by atoms with E-state index in [-0.39, 0.29) is 17.4 Å². The number of likely N-dealkylation sites (tertiary alicyclic amines) is 1. The molecule has 210 valence electrons. The monoisotopic (exact) mass is 551 g/mol. The van der Waals surface area contributed by atoms with E-state index < -0.39 is 22.8 Å². The van der Waals surface area contributed by atoms with Crippen LogP contribution in [-0.4, -0.2) is 67.7 Å². The zero-order valence-electron chi connectivity index (χ0n) is 21.5. The fourth-order valence-corrected chi connectivity index (χ4v) is 4.05. The summed E-state index contributed by atoms with van der Waals surface area (Å²) in [6.45, 7) is 3.67. The average Bonchev–Trinajstić information content (AvgIpc) is 3.44. The minimum absolute atomic E-state index is 0.0267. The van der Waals surface area contributed by atoms with Crippen LogP contribution in [0.1, 0.15) is 35.5 Å². The molecule has 1 fully saturated rings. The lowest BCUT2D eigenvalue weighted by molar-refractivity contribution is -0.384. The Labute approximate surface area is 229 Å². The highest BCUT2D eigenvalue weighted by molar-refractivity contribution is 5.90. The lowest BCUT2D eigenvalue weighted by Gasteiger charge is -2.32. The first-order chi connectivity index (χ1) is 19.2. The fraction of sp³-hybridized carbons (Fsp3) is 0.296. The van der Waals surface area contributed by atoms with Crippen LogP contribution in [0.15, 0.2) is 71.3 Å². The molecule has 1 aromatic heterocycles. The number of aliphatic carboxylic acids is 2. The van der Waals surface area contributed by atoms with Gasteiger partial charge in [-0.2, -0.15) is 4.98 Å². The van der Waals surface area contributed by atoms with Crippen LogP contribution in [0.3, 0.4) is 0 Å². The van der Waals surface area contributed by atoms with Crippen LogP contribution in [-0.2, 0) is 16.1 Å². The first-order valence-corrected chi connectivity index (χ1v) is 12.5. The number of nitrogens with one attached hydrogen (secondary N) is 1. The zero-order valence-corrected chi connectivity index (χ0v) is 21.5. The number of non-ortho nitro benzene ring substituents is 1. The normalized spacial score (nSPS) is 13.8. The van der Waals surface area contributed by atoms with Crippen LogP contribution < -0.4 is 5.32 Å². The molecule has 13 heteroatoms. The number of nitrogens with zero attached hydrogens (tertiary/aromatic N) is 4. The molecule has 0 saturated carbocycles. The van der Waals surface area contributed by atoms with Gasteiger partial charge in [0.05, 0.1) is 4.92 Å². The molecule has 1 amide bonds. The number of carbonyl (C=O) groups is 3. The van der Waals surface area contributed by atoms with Crippen molar-refractivity contribution in [3.8, 4) is 11.4 Å². The van der Waals surface area contributed by atoms with E-state index in [1.54, 1.807) is 0 Å². The minimum atomic E-state index is -1.26. The second-order valence-electron chi connectivity index (χ2n) is 8.99. The molecule has 1 aliphatic rings. The molecule has 2 aromatic carbocycles. The Morgan fingerprint density at radius 3 is 2.23 bits per heavy atom. The van der Waals surface area contributed by atoms with Crippen molar-refractivity contribution < 1.29 is 34.0 Å². The number of piperidine rings is 1. The van der Waals surface area contributed by atoms with Crippen LogP contribution in [0, 0.1) is 16.0 Å². The quantitative estimate of drug-likeness (QED) is 0.190. The summed E-state index contributed by atoms with van der Waals surface area (Å²) in [5.41, 5.74) is 1.85. The van der Waals surface area contributed by atoms with Crippen LogP contribution in [0.4, 0.5) is 5.69 Å². The Morgan fingerprint density at radius 1 is 1.02 bits per heavy atom. The van der Waals surface area contributed by atoms with Gasteiger partial charge in [-0.1, -0.05) is 35.5 Å². The molecule has 1 saturated heterocycles. The van der Waals surface area contributed by atoms with E-state index in [1.165, 1.54) is 29.8 Å². The Kier molecular flexibility index (Phi) is 11.0. The maximum absolute atomic E-state index is 12.3. The molecule has 4 rings (SSSR count). The highest BCUT2D eigenvalue weighted by Gasteiger charge is 2.21. The van der Waals surface area contributed by atoms with Gasteiger partial charge in [-0.15, -0.1) is 0 Å². The van der Waals surface area contributed by atoms with E-state index in [4.69, 9.17) is 14.7 Å². The summed E-state index contributed by atoms with van der Waals surface area (Å²) in [6.07, 6.45) is 4.26. The average molecular weight is 552 g/mol. The third kappa shape index (κ3) is 9.76. The van der Waals surface area contributed by atoms with Gasteiger partial charge in [0.2, 0.25) is 5.82 Å². The number of nitro benzene ring substituents is 1. The van der Waals surface area contributed by atoms with Crippen molar-refractivity contribution in [2.24, 2.45) is 5.92 Å². The Morgan fingerprint density at radius 2 is 1.65 bits per heavy atom. The molecule has 0 radical (unpaired) electrons. The van der Waals surface area contributed by atoms with Crippen LogP contribution in [0.5, 0.6) is 0 Å². The number of hydrogen-bond acceptors (Lipinski definition) is 9. The molecule has 2 heterocycles. The van der Waals surface area contributed by atoms with Crippen molar-refractivity contribution in [3.63, 3.8) is 0 Å². The molecule has 3 aromatic rings. The summed E-state index contributed by atoms with van der Waals surface area (Å²) in [5, 5.41) is 33.0. The number of amides is 1. The third-order valence-corrected chi connectivity index (χ3v) is 6.12. The van der Waals surface area contributed by atoms with Gasteiger partial charge in [-0.3, -0.25) is 19.8 Å². The van der Waals surface area contributed by atoms with Gasteiger partial charge in [0.25, 0.3) is 5.69 Å². The molecule has 0 aliphatic carbocycles. The van der Waals surface area contributed by atoms with Crippen molar-refractivity contribution in [2.75, 3.05) is 19.6 Å². The molecular weight excluding hydrogens is 522 g/mol. The fourth-order valence-electron chi connectivity index (χ4n) is 4.05. The molecule has 0 bridgehead atoms. The smallest absolute Gasteiger partial charge is 0.328 e. The summed E-state index contributed by atoms with van der Waals surface area (Å²) in [6, 6.07) is 16.3. The topological polar surface area (TPSA) is 189 Å². The van der Waals surface area contributed by atoms with E-state index in [9.17, 15) is 24.5 Å². The van der Waals surface area contributed by atoms with Gasteiger partial charge in [0, 0.05) is 42.9 Å². The van der Waals surface area contributed by atoms with Crippen LogP contribution in [0.2, 0.25) is 0 Å². The largest absolute Gasteiger partial charge is 0.478 e. The molecule has 40 heavy (non-hydrogen) atoms. The molecule has 3 N–H and O–H groups in total. The summed E-state index contributed by atoms with van der Waals surface area (Å²) in [4.78, 5) is 48.3. The van der Waals surface area contributed by atoms with Gasteiger partial charge in [-0.05, 0) is 56.0 Å². The lowest BCUT2D eigenvalue weighted by Crippen LogP contribution is -2.34. The van der Waals surface area contributed by atoms with E-state index in [0.717, 1.165) is 38.9 Å². The molecule has 13 nitrogen and oxygen atoms in total. The predicted octanol–water partition coefficient (Wildman–Crippen LogP) is 3.39. The summed E-state index contributed by atoms with van der Waals surface area (Å²) < 4.78 is 5.06. The van der Waals surface area contributed by atoms with Crippen molar-refractivity contribution in [2.45, 2.75) is 25.8 Å². The number of carboxylic acids is 2.